The molecule has 406 valence electrons. The van der Waals surface area contributed by atoms with E-state index in [-0.39, 0.29) is 75.2 Å². The molecule has 1 unspecified atom stereocenters. The Morgan fingerprint density at radius 2 is 1.09 bits per heavy atom. The third-order valence-corrected chi connectivity index (χ3v) is 12.8. The number of nitrogens with zero attached hydrogens (tertiary/aromatic N) is 3. The molecule has 1 aliphatic rings. The van der Waals surface area contributed by atoms with Gasteiger partial charge in [-0.15, -0.1) is 0 Å². The molecule has 0 radical (unpaired) electrons. The van der Waals surface area contributed by atoms with Crippen molar-refractivity contribution in [3.63, 3.8) is 0 Å². The summed E-state index contributed by atoms with van der Waals surface area (Å²) in [5.74, 6) is -4.92. The number of benzene rings is 2. The lowest BCUT2D eigenvalue weighted by Gasteiger charge is -2.31. The van der Waals surface area contributed by atoms with Crippen molar-refractivity contribution in [2.75, 3.05) is 6.54 Å². The Labute approximate surface area is 438 Å². The van der Waals surface area contributed by atoms with E-state index in [9.17, 15) is 43.5 Å². The van der Waals surface area contributed by atoms with Crippen LogP contribution in [-0.2, 0) is 64.0 Å². The van der Waals surface area contributed by atoms with Crippen molar-refractivity contribution in [2.45, 2.75) is 154 Å². The molecule has 75 heavy (non-hydrogen) atoms. The molecule has 11 N–H and O–H groups in total. The third kappa shape index (κ3) is 19.1. The van der Waals surface area contributed by atoms with Crippen molar-refractivity contribution in [1.29, 1.82) is 0 Å². The van der Waals surface area contributed by atoms with Gasteiger partial charge in [-0.05, 0) is 54.6 Å². The van der Waals surface area contributed by atoms with E-state index in [0.29, 0.717) is 29.8 Å². The fourth-order valence-electron chi connectivity index (χ4n) is 9.11. The zero-order chi connectivity index (χ0) is 54.6. The van der Waals surface area contributed by atoms with Gasteiger partial charge in [0.1, 0.15) is 36.3 Å². The molecule has 2 aromatic carbocycles. The van der Waals surface area contributed by atoms with Crippen LogP contribution in [0.5, 0.6) is 0 Å². The summed E-state index contributed by atoms with van der Waals surface area (Å²) in [6, 6.07) is 10.4. The van der Waals surface area contributed by atoms with Crippen LogP contribution in [0, 0.1) is 17.8 Å². The zero-order valence-corrected chi connectivity index (χ0v) is 43.8. The van der Waals surface area contributed by atoms with Crippen LogP contribution in [0.1, 0.15) is 103 Å². The maximum absolute atomic E-state index is 14.6. The first kappa shape index (κ1) is 58.5. The van der Waals surface area contributed by atoms with Crippen molar-refractivity contribution in [3.05, 3.63) is 108 Å². The Bertz CT molecular complexity index is 2470. The van der Waals surface area contributed by atoms with Crippen molar-refractivity contribution in [1.82, 2.24) is 56.7 Å². The summed E-state index contributed by atoms with van der Waals surface area (Å²) in [5.41, 5.74) is 8.25. The number of aliphatic hydroxyl groups is 1. The molecule has 1 saturated heterocycles. The van der Waals surface area contributed by atoms with Gasteiger partial charge in [-0.25, -0.2) is 9.97 Å². The van der Waals surface area contributed by atoms with Gasteiger partial charge in [0.05, 0.1) is 31.2 Å². The SMILES string of the molecule is CC(C)CC(=O)N[C@@H](Cc1cnc[nH]1)C(=O)N1CCC[C@H]1C(=O)N[C@@H](Cc1ccccc1)C(=O)N[C@@H](Cc1cnc[nH]1)C(=O)NC(CC(C)C)[C@@H](O)CC(=O)N[C@@H](CC(C)C)C(=O)N[C@@H](Cc1ccccc1)C(N)=O. The Morgan fingerprint density at radius 1 is 0.600 bits per heavy atom. The first-order valence-electron chi connectivity index (χ1n) is 25.9. The number of aromatic amines is 2. The molecule has 3 heterocycles. The van der Waals surface area contributed by atoms with Gasteiger partial charge in [0.25, 0.3) is 0 Å². The van der Waals surface area contributed by atoms with E-state index >= 15 is 0 Å². The maximum Gasteiger partial charge on any atom is 0.246 e. The highest BCUT2D eigenvalue weighted by Gasteiger charge is 2.40. The number of imidazole rings is 2. The number of aromatic nitrogens is 4. The molecule has 0 aliphatic carbocycles. The summed E-state index contributed by atoms with van der Waals surface area (Å²) in [6.45, 7) is 11.5. The standard InChI is InChI=1S/C54H76N12O9/c1-32(2)20-39(46(67)27-48(69)60-41(21-33(3)4)50(71)63-40(49(55)70)23-35-14-9-7-10-15-35)62-52(73)43(25-37-28-56-30-58-37)64-51(72)42(24-36-16-11-8-12-17-36)65-53(74)45-18-13-19-66(45)54(75)44(26-38-29-57-31-59-38)61-47(68)22-34(5)6/h7-12,14-17,28-34,39-46,67H,13,18-27H2,1-6H3,(H2,55,70)(H,56,58)(H,57,59)(H,60,69)(H,61,68)(H,62,73)(H,63,71)(H,64,72)(H,65,74)/t39?,40-,41-,42-,43-,44-,45-,46-/m0/s1. The number of hydrogen-bond donors (Lipinski definition) is 10. The number of hydrogen-bond acceptors (Lipinski definition) is 11. The number of likely N-dealkylation sites (tertiary alicyclic amines) is 1. The van der Waals surface area contributed by atoms with Crippen LogP contribution in [-0.4, -0.2) is 132 Å². The molecule has 21 nitrogen and oxygen atoms in total. The average Bonchev–Trinajstić information content (AvgIpc) is 4.18. The summed E-state index contributed by atoms with van der Waals surface area (Å²) in [7, 11) is 0. The Kier molecular flexibility index (Phi) is 22.5. The Morgan fingerprint density at radius 3 is 1.63 bits per heavy atom. The molecule has 8 amide bonds. The topological polar surface area (TPSA) is 316 Å². The first-order chi connectivity index (χ1) is 35.8. The third-order valence-electron chi connectivity index (χ3n) is 12.8. The number of nitrogens with two attached hydrogens (primary N) is 1. The molecule has 4 aromatic rings. The van der Waals surface area contributed by atoms with E-state index in [0.717, 1.165) is 5.56 Å². The molecule has 2 aromatic heterocycles. The van der Waals surface area contributed by atoms with Crippen LogP contribution in [0.3, 0.4) is 0 Å². The van der Waals surface area contributed by atoms with Gasteiger partial charge in [0.15, 0.2) is 0 Å². The molecule has 8 atom stereocenters. The van der Waals surface area contributed by atoms with E-state index in [1.807, 2.05) is 53.7 Å². The number of carbonyl (C=O) groups excluding carboxylic acids is 8. The van der Waals surface area contributed by atoms with Crippen molar-refractivity contribution >= 4 is 47.3 Å². The number of carbonyl (C=O) groups is 8. The van der Waals surface area contributed by atoms with Crippen LogP contribution in [0.15, 0.2) is 85.7 Å². The van der Waals surface area contributed by atoms with E-state index in [2.05, 4.69) is 51.8 Å². The van der Waals surface area contributed by atoms with E-state index < -0.39 is 96.2 Å². The second-order valence-electron chi connectivity index (χ2n) is 20.7. The molecule has 0 bridgehead atoms. The largest absolute Gasteiger partial charge is 0.390 e. The number of primary amides is 1. The van der Waals surface area contributed by atoms with Gasteiger partial charge in [0.2, 0.25) is 47.3 Å². The number of aliphatic hydroxyl groups excluding tert-OH is 1. The molecule has 1 fully saturated rings. The van der Waals surface area contributed by atoms with Crippen molar-refractivity contribution in [3.8, 4) is 0 Å². The molecular formula is C54H76N12O9. The summed E-state index contributed by atoms with van der Waals surface area (Å²) in [4.78, 5) is 126. The maximum atomic E-state index is 14.6. The number of nitrogens with one attached hydrogen (secondary N) is 8. The normalized spacial score (nSPS) is 16.2. The second-order valence-corrected chi connectivity index (χ2v) is 20.7. The Balaban J connectivity index is 1.32. The van der Waals surface area contributed by atoms with Crippen molar-refractivity contribution < 1.29 is 43.5 Å². The average molecular weight is 1040 g/mol. The summed E-state index contributed by atoms with van der Waals surface area (Å²) >= 11 is 0. The lowest BCUT2D eigenvalue weighted by atomic mass is 9.95. The van der Waals surface area contributed by atoms with Gasteiger partial charge in [0, 0.05) is 62.4 Å². The van der Waals surface area contributed by atoms with E-state index in [1.54, 1.807) is 54.7 Å². The number of amides is 8. The van der Waals surface area contributed by atoms with Crippen LogP contribution in [0.4, 0.5) is 0 Å². The fraction of sp³-hybridized carbons (Fsp3) is 0.519. The lowest BCUT2D eigenvalue weighted by Crippen LogP contribution is -2.59. The minimum Gasteiger partial charge on any atom is -0.390 e. The monoisotopic (exact) mass is 1040 g/mol. The predicted octanol–water partition coefficient (Wildman–Crippen LogP) is 1.68. The van der Waals surface area contributed by atoms with Crippen LogP contribution in [0.2, 0.25) is 0 Å². The fourth-order valence-corrected chi connectivity index (χ4v) is 9.11. The van der Waals surface area contributed by atoms with Gasteiger partial charge in [-0.1, -0.05) is 102 Å². The van der Waals surface area contributed by atoms with E-state index in [4.69, 9.17) is 5.73 Å². The number of H-pyrrole nitrogens is 2. The highest BCUT2D eigenvalue weighted by Crippen LogP contribution is 2.21. The summed E-state index contributed by atoms with van der Waals surface area (Å²) < 4.78 is 0. The number of rotatable bonds is 29. The van der Waals surface area contributed by atoms with Crippen molar-refractivity contribution in [2.24, 2.45) is 23.5 Å². The molecular weight excluding hydrogens is 961 g/mol. The second kappa shape index (κ2) is 28.9. The first-order valence-corrected chi connectivity index (χ1v) is 25.9. The predicted molar refractivity (Wildman–Crippen MR) is 279 cm³/mol. The van der Waals surface area contributed by atoms with Gasteiger partial charge in [-0.2, -0.15) is 0 Å². The summed E-state index contributed by atoms with van der Waals surface area (Å²) in [6.07, 6.45) is 5.58. The molecule has 5 rings (SSSR count). The van der Waals surface area contributed by atoms with Crippen LogP contribution < -0.4 is 37.6 Å². The quantitative estimate of drug-likeness (QED) is 0.0373. The smallest absolute Gasteiger partial charge is 0.246 e. The summed E-state index contributed by atoms with van der Waals surface area (Å²) in [5, 5.41) is 28.5. The minimum absolute atomic E-state index is 0.0149. The van der Waals surface area contributed by atoms with Gasteiger partial charge in [-0.3, -0.25) is 38.4 Å². The van der Waals surface area contributed by atoms with Gasteiger partial charge < -0.3 is 57.6 Å². The molecule has 1 aliphatic heterocycles. The minimum atomic E-state index is -1.45. The van der Waals surface area contributed by atoms with Crippen LogP contribution in [0.25, 0.3) is 0 Å². The zero-order valence-electron chi connectivity index (χ0n) is 43.8. The molecule has 0 spiro atoms. The van der Waals surface area contributed by atoms with E-state index in [1.165, 1.54) is 23.8 Å². The Hall–Kier alpha value is -7.42. The van der Waals surface area contributed by atoms with Crippen LogP contribution >= 0.6 is 0 Å². The van der Waals surface area contributed by atoms with Gasteiger partial charge >= 0.3 is 0 Å². The lowest BCUT2D eigenvalue weighted by molar-refractivity contribution is -0.142. The highest BCUT2D eigenvalue weighted by molar-refractivity contribution is 5.96. The molecule has 0 saturated carbocycles. The highest BCUT2D eigenvalue weighted by atomic mass is 16.3. The molecule has 21 heteroatoms.